The largest absolute Gasteiger partial charge is 0.492 e. The maximum Gasteiger partial charge on any atom is 0.123 e. The van der Waals surface area contributed by atoms with Crippen LogP contribution in [-0.2, 0) is 5.41 Å². The Morgan fingerprint density at radius 1 is 1.20 bits per heavy atom. The SMILES string of the molecule is CCCC(COc1ccc(C)cc1C(C)(C)C)NCC. The van der Waals surface area contributed by atoms with Crippen LogP contribution < -0.4 is 10.1 Å². The average Bonchev–Trinajstić information content (AvgIpc) is 2.36. The lowest BCUT2D eigenvalue weighted by atomic mass is 9.85. The Kier molecular flexibility index (Phi) is 6.54. The Balaban J connectivity index is 2.81. The highest BCUT2D eigenvalue weighted by Gasteiger charge is 2.19. The third-order valence-corrected chi connectivity index (χ3v) is 3.51. The molecule has 1 rings (SSSR count). The van der Waals surface area contributed by atoms with E-state index in [-0.39, 0.29) is 5.41 Å². The normalized spacial score (nSPS) is 13.3. The molecule has 2 nitrogen and oxygen atoms in total. The minimum Gasteiger partial charge on any atom is -0.492 e. The minimum absolute atomic E-state index is 0.111. The van der Waals surface area contributed by atoms with Crippen molar-refractivity contribution >= 4 is 0 Å². The Morgan fingerprint density at radius 3 is 2.45 bits per heavy atom. The van der Waals surface area contributed by atoms with Gasteiger partial charge in [-0.15, -0.1) is 0 Å². The lowest BCUT2D eigenvalue weighted by Gasteiger charge is -2.25. The Bertz CT molecular complexity index is 400. The second kappa shape index (κ2) is 7.68. The van der Waals surface area contributed by atoms with Gasteiger partial charge in [-0.1, -0.05) is 58.7 Å². The highest BCUT2D eigenvalue weighted by atomic mass is 16.5. The van der Waals surface area contributed by atoms with Gasteiger partial charge in [0.1, 0.15) is 12.4 Å². The van der Waals surface area contributed by atoms with E-state index in [0.717, 1.165) is 25.3 Å². The van der Waals surface area contributed by atoms with Gasteiger partial charge in [0.25, 0.3) is 0 Å². The quantitative estimate of drug-likeness (QED) is 0.795. The lowest BCUT2D eigenvalue weighted by Crippen LogP contribution is -2.34. The Hall–Kier alpha value is -1.02. The minimum atomic E-state index is 0.111. The Labute approximate surface area is 124 Å². The maximum absolute atomic E-state index is 6.12. The molecule has 1 unspecified atom stereocenters. The van der Waals surface area contributed by atoms with Gasteiger partial charge >= 0.3 is 0 Å². The molecule has 0 aromatic heterocycles. The third kappa shape index (κ3) is 5.16. The molecule has 1 aromatic carbocycles. The first-order chi connectivity index (χ1) is 9.38. The second-order valence-corrected chi connectivity index (χ2v) is 6.60. The summed E-state index contributed by atoms with van der Waals surface area (Å²) < 4.78 is 6.12. The van der Waals surface area contributed by atoms with E-state index in [2.05, 4.69) is 65.1 Å². The van der Waals surface area contributed by atoms with Gasteiger partial charge in [0, 0.05) is 6.04 Å². The number of hydrogen-bond acceptors (Lipinski definition) is 2. The van der Waals surface area contributed by atoms with Crippen LogP contribution in [-0.4, -0.2) is 19.2 Å². The van der Waals surface area contributed by atoms with Gasteiger partial charge < -0.3 is 10.1 Å². The fourth-order valence-corrected chi connectivity index (χ4v) is 2.43. The first-order valence-corrected chi connectivity index (χ1v) is 7.85. The lowest BCUT2D eigenvalue weighted by molar-refractivity contribution is 0.252. The van der Waals surface area contributed by atoms with Crippen LogP contribution in [0.25, 0.3) is 0 Å². The van der Waals surface area contributed by atoms with E-state index in [0.29, 0.717) is 6.04 Å². The van der Waals surface area contributed by atoms with E-state index in [1.807, 2.05) is 0 Å². The number of aryl methyl sites for hydroxylation is 1. The second-order valence-electron chi connectivity index (χ2n) is 6.60. The van der Waals surface area contributed by atoms with E-state index >= 15 is 0 Å². The predicted octanol–water partition coefficient (Wildman–Crippen LogP) is 4.45. The molecule has 0 aliphatic carbocycles. The van der Waals surface area contributed by atoms with Gasteiger partial charge in [-0.3, -0.25) is 0 Å². The fraction of sp³-hybridized carbons (Fsp3) is 0.667. The van der Waals surface area contributed by atoms with Crippen molar-refractivity contribution in [1.29, 1.82) is 0 Å². The molecule has 114 valence electrons. The molecule has 0 spiro atoms. The number of likely N-dealkylation sites (N-methyl/N-ethyl adjacent to an activating group) is 1. The molecule has 0 fully saturated rings. The van der Waals surface area contributed by atoms with E-state index in [1.165, 1.54) is 17.5 Å². The van der Waals surface area contributed by atoms with E-state index in [1.54, 1.807) is 0 Å². The van der Waals surface area contributed by atoms with Crippen molar-refractivity contribution in [3.8, 4) is 5.75 Å². The first kappa shape index (κ1) is 17.0. The van der Waals surface area contributed by atoms with Crippen molar-refractivity contribution < 1.29 is 4.74 Å². The van der Waals surface area contributed by atoms with Crippen LogP contribution in [0.5, 0.6) is 5.75 Å². The van der Waals surface area contributed by atoms with Crippen LogP contribution in [0.3, 0.4) is 0 Å². The maximum atomic E-state index is 6.12. The molecule has 20 heavy (non-hydrogen) atoms. The zero-order valence-electron chi connectivity index (χ0n) is 14.0. The van der Waals surface area contributed by atoms with Crippen molar-refractivity contribution in [3.63, 3.8) is 0 Å². The summed E-state index contributed by atoms with van der Waals surface area (Å²) in [6.45, 7) is 15.0. The van der Waals surface area contributed by atoms with Crippen LogP contribution in [0.1, 0.15) is 58.6 Å². The number of rotatable bonds is 7. The molecule has 0 aliphatic heterocycles. The molecule has 0 aliphatic rings. The molecular weight excluding hydrogens is 246 g/mol. The third-order valence-electron chi connectivity index (χ3n) is 3.51. The van der Waals surface area contributed by atoms with Crippen LogP contribution in [0, 0.1) is 6.92 Å². The van der Waals surface area contributed by atoms with Crippen molar-refractivity contribution in [3.05, 3.63) is 29.3 Å². The van der Waals surface area contributed by atoms with Gasteiger partial charge in [-0.2, -0.15) is 0 Å². The molecule has 0 saturated carbocycles. The molecule has 0 heterocycles. The van der Waals surface area contributed by atoms with Gasteiger partial charge in [0.15, 0.2) is 0 Å². The highest BCUT2D eigenvalue weighted by Crippen LogP contribution is 2.32. The van der Waals surface area contributed by atoms with Crippen LogP contribution in [0.2, 0.25) is 0 Å². The molecule has 1 N–H and O–H groups in total. The summed E-state index contributed by atoms with van der Waals surface area (Å²) in [5.41, 5.74) is 2.70. The number of benzene rings is 1. The van der Waals surface area contributed by atoms with Crippen molar-refractivity contribution in [1.82, 2.24) is 5.32 Å². The number of hydrogen-bond donors (Lipinski definition) is 1. The number of nitrogens with one attached hydrogen (secondary N) is 1. The van der Waals surface area contributed by atoms with Crippen LogP contribution >= 0.6 is 0 Å². The van der Waals surface area contributed by atoms with Crippen molar-refractivity contribution in [2.24, 2.45) is 0 Å². The topological polar surface area (TPSA) is 21.3 Å². The molecule has 0 bridgehead atoms. The zero-order chi connectivity index (χ0) is 15.2. The van der Waals surface area contributed by atoms with E-state index in [4.69, 9.17) is 4.74 Å². The summed E-state index contributed by atoms with van der Waals surface area (Å²) in [4.78, 5) is 0. The molecule has 0 saturated heterocycles. The Morgan fingerprint density at radius 2 is 1.90 bits per heavy atom. The summed E-state index contributed by atoms with van der Waals surface area (Å²) in [5, 5.41) is 3.50. The molecule has 2 heteroatoms. The smallest absolute Gasteiger partial charge is 0.123 e. The van der Waals surface area contributed by atoms with Crippen molar-refractivity contribution in [2.75, 3.05) is 13.2 Å². The molecule has 1 aromatic rings. The summed E-state index contributed by atoms with van der Waals surface area (Å²) in [6, 6.07) is 6.94. The summed E-state index contributed by atoms with van der Waals surface area (Å²) in [7, 11) is 0. The predicted molar refractivity (Wildman–Crippen MR) is 87.7 cm³/mol. The average molecular weight is 277 g/mol. The molecule has 1 atom stereocenters. The molecular formula is C18H31NO. The van der Waals surface area contributed by atoms with Crippen molar-refractivity contribution in [2.45, 2.75) is 65.8 Å². The standard InChI is InChI=1S/C18H31NO/c1-7-9-15(19-8-2)13-20-17-11-10-14(3)12-16(17)18(4,5)6/h10-12,15,19H,7-9,13H2,1-6H3. The molecule has 0 amide bonds. The first-order valence-electron chi connectivity index (χ1n) is 7.85. The summed E-state index contributed by atoms with van der Waals surface area (Å²) >= 11 is 0. The highest BCUT2D eigenvalue weighted by molar-refractivity contribution is 5.41. The monoisotopic (exact) mass is 277 g/mol. The van der Waals surface area contributed by atoms with Gasteiger partial charge in [0.2, 0.25) is 0 Å². The van der Waals surface area contributed by atoms with Gasteiger partial charge in [-0.25, -0.2) is 0 Å². The fourth-order valence-electron chi connectivity index (χ4n) is 2.43. The summed E-state index contributed by atoms with van der Waals surface area (Å²) in [6.07, 6.45) is 2.34. The van der Waals surface area contributed by atoms with E-state index in [9.17, 15) is 0 Å². The van der Waals surface area contributed by atoms with Gasteiger partial charge in [-0.05, 0) is 36.9 Å². The van der Waals surface area contributed by atoms with Crippen LogP contribution in [0.15, 0.2) is 18.2 Å². The van der Waals surface area contributed by atoms with Crippen LogP contribution in [0.4, 0.5) is 0 Å². The zero-order valence-corrected chi connectivity index (χ0v) is 14.0. The molecule has 0 radical (unpaired) electrons. The summed E-state index contributed by atoms with van der Waals surface area (Å²) in [5.74, 6) is 1.03. The van der Waals surface area contributed by atoms with Gasteiger partial charge in [0.05, 0.1) is 0 Å². The number of ether oxygens (including phenoxy) is 1. The van der Waals surface area contributed by atoms with E-state index < -0.39 is 0 Å².